The highest BCUT2D eigenvalue weighted by Gasteiger charge is 2.39. The number of fused-ring (bicyclic) bond motifs is 1. The summed E-state index contributed by atoms with van der Waals surface area (Å²) in [6, 6.07) is 3.65. The predicted molar refractivity (Wildman–Crippen MR) is 86.6 cm³/mol. The number of anilines is 1. The lowest BCUT2D eigenvalue weighted by Gasteiger charge is -2.22. The molecule has 5 nitrogen and oxygen atoms in total. The van der Waals surface area contributed by atoms with Crippen LogP contribution in [0.2, 0.25) is 0 Å². The first-order chi connectivity index (χ1) is 9.88. The highest BCUT2D eigenvalue weighted by Crippen LogP contribution is 2.31. The zero-order chi connectivity index (χ0) is 15.2. The van der Waals surface area contributed by atoms with Gasteiger partial charge >= 0.3 is 0 Å². The van der Waals surface area contributed by atoms with Crippen LogP contribution in [0, 0.1) is 6.92 Å². The van der Waals surface area contributed by atoms with Gasteiger partial charge in [0, 0.05) is 28.8 Å². The maximum Gasteiger partial charge on any atom is 0.241 e. The molecule has 2 heterocycles. The number of rotatable bonds is 3. The number of hydrogen-bond acceptors (Lipinski definition) is 4. The van der Waals surface area contributed by atoms with Crippen molar-refractivity contribution in [2.45, 2.75) is 43.2 Å². The number of nitrogens with zero attached hydrogens (tertiary/aromatic N) is 1. The molecule has 1 aromatic carbocycles. The third kappa shape index (κ3) is 2.84. The zero-order valence-corrected chi connectivity index (χ0v) is 14.4. The molecule has 2 fully saturated rings. The normalized spacial score (nSPS) is 26.2. The molecular formula is C14H20BrN3O2S. The SMILES string of the molecule is Cc1cc(Br)c(N)cc1S(=O)(=O)NC1CCN2CCCC12. The molecule has 0 radical (unpaired) electrons. The summed E-state index contributed by atoms with van der Waals surface area (Å²) in [5, 5.41) is 0. The number of nitrogen functional groups attached to an aromatic ring is 1. The highest BCUT2D eigenvalue weighted by molar-refractivity contribution is 9.10. The maximum atomic E-state index is 12.7. The number of nitrogens with two attached hydrogens (primary N) is 1. The molecule has 2 aliphatic heterocycles. The molecule has 0 bridgehead atoms. The summed E-state index contributed by atoms with van der Waals surface area (Å²) in [5.41, 5.74) is 6.97. The topological polar surface area (TPSA) is 75.4 Å². The van der Waals surface area contributed by atoms with Gasteiger partial charge in [0.05, 0.1) is 4.90 Å². The largest absolute Gasteiger partial charge is 0.398 e. The Balaban J connectivity index is 1.86. The molecular weight excluding hydrogens is 354 g/mol. The average Bonchev–Trinajstić information content (AvgIpc) is 2.98. The maximum absolute atomic E-state index is 12.7. The van der Waals surface area contributed by atoms with Gasteiger partial charge in [-0.3, -0.25) is 4.90 Å². The van der Waals surface area contributed by atoms with E-state index < -0.39 is 10.0 Å². The molecule has 1 aromatic rings. The van der Waals surface area contributed by atoms with E-state index in [1.54, 1.807) is 13.0 Å². The minimum absolute atomic E-state index is 0.0155. The lowest BCUT2D eigenvalue weighted by Crippen LogP contribution is -2.42. The van der Waals surface area contributed by atoms with Crippen molar-refractivity contribution in [2.75, 3.05) is 18.8 Å². The summed E-state index contributed by atoms with van der Waals surface area (Å²) >= 11 is 3.33. The van der Waals surface area contributed by atoms with E-state index in [1.807, 2.05) is 0 Å². The smallest absolute Gasteiger partial charge is 0.241 e. The Morgan fingerprint density at radius 2 is 2.10 bits per heavy atom. The summed E-state index contributed by atoms with van der Waals surface area (Å²) in [5.74, 6) is 0. The fraction of sp³-hybridized carbons (Fsp3) is 0.571. The molecule has 3 rings (SSSR count). The van der Waals surface area contributed by atoms with Crippen LogP contribution < -0.4 is 10.5 Å². The first kappa shape index (κ1) is 15.3. The number of aryl methyl sites for hydroxylation is 1. The summed E-state index contributed by atoms with van der Waals surface area (Å²) in [6.45, 7) is 3.86. The number of sulfonamides is 1. The molecule has 2 aliphatic rings. The van der Waals surface area contributed by atoms with Gasteiger partial charge in [-0.2, -0.15) is 0 Å². The van der Waals surface area contributed by atoms with Gasteiger partial charge in [0.2, 0.25) is 10.0 Å². The van der Waals surface area contributed by atoms with Crippen molar-refractivity contribution in [1.29, 1.82) is 0 Å². The Morgan fingerprint density at radius 1 is 1.33 bits per heavy atom. The lowest BCUT2D eigenvalue weighted by atomic mass is 10.1. The van der Waals surface area contributed by atoms with Gasteiger partial charge in [0.1, 0.15) is 0 Å². The standard InChI is InChI=1S/C14H20BrN3O2S/c1-9-7-10(15)11(16)8-14(9)21(19,20)17-12-4-6-18-5-2-3-13(12)18/h7-8,12-13,17H,2-6,16H2,1H3. The van der Waals surface area contributed by atoms with Crippen LogP contribution in [0.4, 0.5) is 5.69 Å². The van der Waals surface area contributed by atoms with Crippen LogP contribution in [0.1, 0.15) is 24.8 Å². The van der Waals surface area contributed by atoms with Crippen molar-refractivity contribution in [2.24, 2.45) is 0 Å². The van der Waals surface area contributed by atoms with Crippen molar-refractivity contribution < 1.29 is 8.42 Å². The Bertz CT molecular complexity index is 662. The van der Waals surface area contributed by atoms with Crippen molar-refractivity contribution in [3.8, 4) is 0 Å². The highest BCUT2D eigenvalue weighted by atomic mass is 79.9. The predicted octanol–water partition coefficient (Wildman–Crippen LogP) is 1.85. The first-order valence-corrected chi connectivity index (χ1v) is 9.48. The van der Waals surface area contributed by atoms with Crippen LogP contribution in [-0.4, -0.2) is 38.5 Å². The van der Waals surface area contributed by atoms with E-state index in [-0.39, 0.29) is 10.9 Å². The van der Waals surface area contributed by atoms with E-state index >= 15 is 0 Å². The molecule has 0 amide bonds. The number of halogens is 1. The fourth-order valence-corrected chi connectivity index (χ4v) is 5.46. The van der Waals surface area contributed by atoms with Gasteiger partial charge in [-0.1, -0.05) is 0 Å². The Morgan fingerprint density at radius 3 is 2.86 bits per heavy atom. The van der Waals surface area contributed by atoms with Crippen molar-refractivity contribution in [3.63, 3.8) is 0 Å². The monoisotopic (exact) mass is 373 g/mol. The molecule has 116 valence electrons. The Hall–Kier alpha value is -0.630. The quantitative estimate of drug-likeness (QED) is 0.792. The summed E-state index contributed by atoms with van der Waals surface area (Å²) in [6.07, 6.45) is 3.12. The van der Waals surface area contributed by atoms with E-state index in [0.29, 0.717) is 17.3 Å². The summed E-state index contributed by atoms with van der Waals surface area (Å²) < 4.78 is 28.9. The van der Waals surface area contributed by atoms with Gasteiger partial charge < -0.3 is 5.73 Å². The molecule has 0 saturated carbocycles. The molecule has 0 spiro atoms. The van der Waals surface area contributed by atoms with Gasteiger partial charge in [-0.25, -0.2) is 13.1 Å². The summed E-state index contributed by atoms with van der Waals surface area (Å²) in [7, 11) is -3.53. The van der Waals surface area contributed by atoms with E-state index in [4.69, 9.17) is 5.73 Å². The Labute approximate surface area is 134 Å². The lowest BCUT2D eigenvalue weighted by molar-refractivity contribution is 0.309. The Kier molecular flexibility index (Phi) is 4.02. The number of nitrogens with one attached hydrogen (secondary N) is 1. The summed E-state index contributed by atoms with van der Waals surface area (Å²) in [4.78, 5) is 2.66. The van der Waals surface area contributed by atoms with Crippen molar-refractivity contribution in [3.05, 3.63) is 22.2 Å². The van der Waals surface area contributed by atoms with Gasteiger partial charge in [-0.15, -0.1) is 0 Å². The van der Waals surface area contributed by atoms with E-state index in [0.717, 1.165) is 36.8 Å². The first-order valence-electron chi connectivity index (χ1n) is 7.20. The molecule has 3 N–H and O–H groups in total. The van der Waals surface area contributed by atoms with Crippen LogP contribution in [0.3, 0.4) is 0 Å². The molecule has 7 heteroatoms. The third-order valence-electron chi connectivity index (χ3n) is 4.50. The van der Waals surface area contributed by atoms with Crippen LogP contribution in [0.15, 0.2) is 21.5 Å². The van der Waals surface area contributed by atoms with Crippen LogP contribution in [-0.2, 0) is 10.0 Å². The molecule has 21 heavy (non-hydrogen) atoms. The second-order valence-corrected chi connectivity index (χ2v) is 8.44. The zero-order valence-electron chi connectivity index (χ0n) is 12.0. The van der Waals surface area contributed by atoms with E-state index in [2.05, 4.69) is 25.6 Å². The van der Waals surface area contributed by atoms with Gasteiger partial charge in [0.15, 0.2) is 0 Å². The second kappa shape index (κ2) is 5.53. The number of benzene rings is 1. The van der Waals surface area contributed by atoms with E-state index in [9.17, 15) is 8.42 Å². The van der Waals surface area contributed by atoms with E-state index in [1.165, 1.54) is 6.07 Å². The van der Waals surface area contributed by atoms with Crippen molar-refractivity contribution in [1.82, 2.24) is 9.62 Å². The molecule has 0 aromatic heterocycles. The molecule has 0 aliphatic carbocycles. The molecule has 2 atom stereocenters. The van der Waals surface area contributed by atoms with Crippen LogP contribution in [0.25, 0.3) is 0 Å². The van der Waals surface area contributed by atoms with Crippen LogP contribution >= 0.6 is 15.9 Å². The van der Waals surface area contributed by atoms with Gasteiger partial charge in [0.25, 0.3) is 0 Å². The number of hydrogen-bond donors (Lipinski definition) is 2. The van der Waals surface area contributed by atoms with Crippen molar-refractivity contribution >= 4 is 31.6 Å². The van der Waals surface area contributed by atoms with Gasteiger partial charge in [-0.05, 0) is 66.4 Å². The molecule has 2 saturated heterocycles. The second-order valence-electron chi connectivity index (χ2n) is 5.90. The minimum atomic E-state index is -3.53. The third-order valence-corrected chi connectivity index (χ3v) is 6.81. The fourth-order valence-electron chi connectivity index (χ4n) is 3.44. The average molecular weight is 374 g/mol. The van der Waals surface area contributed by atoms with Crippen LogP contribution in [0.5, 0.6) is 0 Å². The minimum Gasteiger partial charge on any atom is -0.398 e. The molecule has 2 unspecified atom stereocenters.